The third-order valence-corrected chi connectivity index (χ3v) is 3.93. The summed E-state index contributed by atoms with van der Waals surface area (Å²) >= 11 is 3.42. The molecule has 0 atom stereocenters. The number of halogens is 1. The first-order valence-electron chi connectivity index (χ1n) is 6.29. The van der Waals surface area contributed by atoms with Crippen LogP contribution in [0.3, 0.4) is 0 Å². The van der Waals surface area contributed by atoms with Crippen molar-refractivity contribution in [3.8, 4) is 0 Å². The van der Waals surface area contributed by atoms with Crippen molar-refractivity contribution in [3.05, 3.63) is 29.4 Å². The van der Waals surface area contributed by atoms with Gasteiger partial charge in [0.05, 0.1) is 22.1 Å². The largest absolute Gasteiger partial charge is 0.351 e. The third kappa shape index (κ3) is 1.79. The van der Waals surface area contributed by atoms with Gasteiger partial charge < -0.3 is 4.90 Å². The van der Waals surface area contributed by atoms with Gasteiger partial charge in [-0.3, -0.25) is 9.36 Å². The first kappa shape index (κ1) is 11.8. The molecule has 102 valence electrons. The Morgan fingerprint density at radius 3 is 2.85 bits per heavy atom. The molecule has 0 unspecified atom stereocenters. The van der Waals surface area contributed by atoms with E-state index in [0.717, 1.165) is 34.4 Å². The van der Waals surface area contributed by atoms with Crippen LogP contribution in [0.25, 0.3) is 11.0 Å². The van der Waals surface area contributed by atoms with Gasteiger partial charge in [-0.25, -0.2) is 9.97 Å². The Kier molecular flexibility index (Phi) is 2.53. The monoisotopic (exact) mass is 333 g/mol. The van der Waals surface area contributed by atoms with Crippen molar-refractivity contribution in [3.63, 3.8) is 0 Å². The molecular weight excluding hydrogens is 322 g/mol. The van der Waals surface area contributed by atoms with Crippen molar-refractivity contribution in [1.82, 2.24) is 29.5 Å². The van der Waals surface area contributed by atoms with E-state index in [-0.39, 0.29) is 0 Å². The van der Waals surface area contributed by atoms with Gasteiger partial charge in [-0.05, 0) is 15.9 Å². The molecule has 3 aromatic heterocycles. The number of fused-ring (bicyclic) bond motifs is 1. The van der Waals surface area contributed by atoms with E-state index in [9.17, 15) is 0 Å². The van der Waals surface area contributed by atoms with Crippen LogP contribution in [0.5, 0.6) is 0 Å². The molecule has 1 fully saturated rings. The van der Waals surface area contributed by atoms with E-state index in [1.165, 1.54) is 0 Å². The molecule has 0 N–H and O–H groups in total. The fourth-order valence-corrected chi connectivity index (χ4v) is 2.80. The van der Waals surface area contributed by atoms with Crippen LogP contribution in [-0.4, -0.2) is 42.6 Å². The van der Waals surface area contributed by atoms with Gasteiger partial charge in [-0.1, -0.05) is 0 Å². The molecule has 0 aliphatic carbocycles. The van der Waals surface area contributed by atoms with Crippen molar-refractivity contribution in [2.24, 2.45) is 7.05 Å². The maximum Gasteiger partial charge on any atom is 0.186 e. The molecule has 0 radical (unpaired) electrons. The van der Waals surface area contributed by atoms with E-state index in [4.69, 9.17) is 0 Å². The summed E-state index contributed by atoms with van der Waals surface area (Å²) in [6.07, 6.45) is 7.35. The van der Waals surface area contributed by atoms with Crippen molar-refractivity contribution < 1.29 is 0 Å². The summed E-state index contributed by atoms with van der Waals surface area (Å²) in [5.74, 6) is 0.950. The molecule has 3 aromatic rings. The quantitative estimate of drug-likeness (QED) is 0.709. The van der Waals surface area contributed by atoms with Crippen LogP contribution in [0.1, 0.15) is 6.04 Å². The smallest absolute Gasteiger partial charge is 0.186 e. The molecule has 0 amide bonds. The number of rotatable bonds is 2. The lowest BCUT2D eigenvalue weighted by molar-refractivity contribution is 0.366. The standard InChI is InChI=1S/C12H12BrN7/c1-18-6-10-11(17-18)14-7-15-12(10)19-4-9(5-19)20-3-8(13)2-16-20/h2-3,6-7,9H,4-5H2,1H3. The second-order valence-corrected chi connectivity index (χ2v) is 5.85. The summed E-state index contributed by atoms with van der Waals surface area (Å²) in [6.45, 7) is 1.80. The highest BCUT2D eigenvalue weighted by Crippen LogP contribution is 2.30. The molecule has 4 rings (SSSR count). The minimum atomic E-state index is 0.392. The van der Waals surface area contributed by atoms with Crippen LogP contribution in [0, 0.1) is 0 Å². The van der Waals surface area contributed by atoms with Gasteiger partial charge in [0.2, 0.25) is 0 Å². The highest BCUT2D eigenvalue weighted by atomic mass is 79.9. The summed E-state index contributed by atoms with van der Waals surface area (Å²) in [5, 5.41) is 9.63. The maximum atomic E-state index is 4.40. The molecule has 7 nitrogen and oxygen atoms in total. The van der Waals surface area contributed by atoms with Gasteiger partial charge >= 0.3 is 0 Å². The predicted octanol–water partition coefficient (Wildman–Crippen LogP) is 1.38. The van der Waals surface area contributed by atoms with E-state index in [1.807, 2.05) is 30.3 Å². The second-order valence-electron chi connectivity index (χ2n) is 4.93. The highest BCUT2D eigenvalue weighted by molar-refractivity contribution is 9.10. The Morgan fingerprint density at radius 2 is 2.10 bits per heavy atom. The van der Waals surface area contributed by atoms with E-state index >= 15 is 0 Å². The Balaban J connectivity index is 1.60. The van der Waals surface area contributed by atoms with Crippen LogP contribution in [-0.2, 0) is 7.05 Å². The molecule has 4 heterocycles. The SMILES string of the molecule is Cn1cc2c(N3CC(n4cc(Br)cn4)C3)ncnc2n1. The predicted molar refractivity (Wildman–Crippen MR) is 77.5 cm³/mol. The van der Waals surface area contributed by atoms with E-state index in [1.54, 1.807) is 11.0 Å². The normalized spacial score (nSPS) is 15.8. The lowest BCUT2D eigenvalue weighted by Gasteiger charge is -2.40. The zero-order valence-corrected chi connectivity index (χ0v) is 12.4. The van der Waals surface area contributed by atoms with Crippen LogP contribution < -0.4 is 4.90 Å². The molecule has 1 aliphatic heterocycles. The maximum absolute atomic E-state index is 4.40. The van der Waals surface area contributed by atoms with Crippen LogP contribution in [0.15, 0.2) is 29.4 Å². The van der Waals surface area contributed by atoms with E-state index in [2.05, 4.69) is 41.0 Å². The fourth-order valence-electron chi connectivity index (χ4n) is 2.50. The third-order valence-electron chi connectivity index (χ3n) is 3.52. The summed E-state index contributed by atoms with van der Waals surface area (Å²) in [4.78, 5) is 10.8. The van der Waals surface area contributed by atoms with Crippen LogP contribution in [0.4, 0.5) is 5.82 Å². The molecule has 0 aromatic carbocycles. The van der Waals surface area contributed by atoms with Crippen molar-refractivity contribution in [2.45, 2.75) is 6.04 Å². The average Bonchev–Trinajstić information content (AvgIpc) is 2.93. The van der Waals surface area contributed by atoms with Crippen LogP contribution in [0.2, 0.25) is 0 Å². The lowest BCUT2D eigenvalue weighted by atomic mass is 10.1. The zero-order chi connectivity index (χ0) is 13.7. The van der Waals surface area contributed by atoms with Crippen molar-refractivity contribution in [2.75, 3.05) is 18.0 Å². The lowest BCUT2D eigenvalue weighted by Crippen LogP contribution is -2.48. The Bertz CT molecular complexity index is 771. The molecule has 8 heteroatoms. The molecular formula is C12H12BrN7. The van der Waals surface area contributed by atoms with E-state index in [0.29, 0.717) is 6.04 Å². The molecule has 20 heavy (non-hydrogen) atoms. The number of aromatic nitrogens is 6. The van der Waals surface area contributed by atoms with Gasteiger partial charge in [0, 0.05) is 32.5 Å². The number of hydrogen-bond donors (Lipinski definition) is 0. The number of anilines is 1. The fraction of sp³-hybridized carbons (Fsp3) is 0.333. The Hall–Kier alpha value is -1.96. The van der Waals surface area contributed by atoms with Crippen molar-refractivity contribution >= 4 is 32.8 Å². The summed E-state index contributed by atoms with van der Waals surface area (Å²) in [7, 11) is 1.89. The summed E-state index contributed by atoms with van der Waals surface area (Å²) in [6, 6.07) is 0.392. The molecule has 0 spiro atoms. The number of hydrogen-bond acceptors (Lipinski definition) is 5. The van der Waals surface area contributed by atoms with Gasteiger partial charge in [-0.15, -0.1) is 0 Å². The second kappa shape index (κ2) is 4.27. The minimum absolute atomic E-state index is 0.392. The zero-order valence-electron chi connectivity index (χ0n) is 10.8. The molecule has 0 bridgehead atoms. The van der Waals surface area contributed by atoms with E-state index < -0.39 is 0 Å². The topological polar surface area (TPSA) is 64.7 Å². The van der Waals surface area contributed by atoms with Gasteiger partial charge in [0.25, 0.3) is 0 Å². The Labute approximate surface area is 123 Å². The molecule has 1 aliphatic rings. The number of nitrogens with zero attached hydrogens (tertiary/aromatic N) is 7. The summed E-state index contributed by atoms with van der Waals surface area (Å²) < 4.78 is 4.76. The van der Waals surface area contributed by atoms with Gasteiger partial charge in [0.1, 0.15) is 12.1 Å². The Morgan fingerprint density at radius 1 is 1.25 bits per heavy atom. The first-order chi connectivity index (χ1) is 9.70. The number of aryl methyl sites for hydroxylation is 1. The van der Waals surface area contributed by atoms with Crippen molar-refractivity contribution in [1.29, 1.82) is 0 Å². The van der Waals surface area contributed by atoms with Gasteiger partial charge in [-0.2, -0.15) is 10.2 Å². The molecule has 1 saturated heterocycles. The first-order valence-corrected chi connectivity index (χ1v) is 7.09. The van der Waals surface area contributed by atoms with Crippen LogP contribution >= 0.6 is 15.9 Å². The molecule has 0 saturated carbocycles. The minimum Gasteiger partial charge on any atom is -0.351 e. The highest BCUT2D eigenvalue weighted by Gasteiger charge is 2.31. The van der Waals surface area contributed by atoms with Gasteiger partial charge in [0.15, 0.2) is 5.65 Å². The summed E-state index contributed by atoms with van der Waals surface area (Å²) in [5.41, 5.74) is 0.739. The average molecular weight is 334 g/mol.